The first kappa shape index (κ1) is 9.87. The van der Waals surface area contributed by atoms with Gasteiger partial charge in [-0.05, 0) is 43.5 Å². The lowest BCUT2D eigenvalue weighted by Gasteiger charge is -2.24. The third kappa shape index (κ3) is 2.04. The van der Waals surface area contributed by atoms with E-state index < -0.39 is 0 Å². The molecule has 0 amide bonds. The molecule has 1 aromatic heterocycles. The summed E-state index contributed by atoms with van der Waals surface area (Å²) < 4.78 is 0.821. The molecule has 2 heterocycles. The molecule has 3 heteroatoms. The Morgan fingerprint density at radius 1 is 1.43 bits per heavy atom. The van der Waals surface area contributed by atoms with Crippen molar-refractivity contribution in [1.82, 2.24) is 10.3 Å². The lowest BCUT2D eigenvalue weighted by molar-refractivity contribution is 0.410. The van der Waals surface area contributed by atoms with Crippen LogP contribution in [0.4, 0.5) is 0 Å². The predicted octanol–water partition coefficient (Wildman–Crippen LogP) is 2.87. The van der Waals surface area contributed by atoms with Crippen LogP contribution in [0, 0.1) is 11.6 Å². The molecule has 1 aliphatic rings. The van der Waals surface area contributed by atoms with Gasteiger partial charge < -0.3 is 10.3 Å². The van der Waals surface area contributed by atoms with Gasteiger partial charge in [-0.3, -0.25) is 0 Å². The van der Waals surface area contributed by atoms with Crippen molar-refractivity contribution in [2.45, 2.75) is 32.2 Å². The Morgan fingerprint density at radius 3 is 2.93 bits per heavy atom. The molecule has 1 aromatic rings. The molecule has 14 heavy (non-hydrogen) atoms. The van der Waals surface area contributed by atoms with Crippen molar-refractivity contribution in [1.29, 1.82) is 0 Å². The number of aryl methyl sites for hydroxylation is 1. The van der Waals surface area contributed by atoms with Crippen molar-refractivity contribution >= 4 is 12.2 Å². The summed E-state index contributed by atoms with van der Waals surface area (Å²) in [5.41, 5.74) is 2.67. The summed E-state index contributed by atoms with van der Waals surface area (Å²) in [5.74, 6) is 0. The highest BCUT2D eigenvalue weighted by Crippen LogP contribution is 2.24. The Hall–Kier alpha value is -0.670. The molecule has 1 unspecified atom stereocenters. The van der Waals surface area contributed by atoms with Crippen molar-refractivity contribution in [3.05, 3.63) is 28.0 Å². The van der Waals surface area contributed by atoms with Crippen LogP contribution in [-0.2, 0) is 0 Å². The van der Waals surface area contributed by atoms with Gasteiger partial charge in [0.25, 0.3) is 0 Å². The van der Waals surface area contributed by atoms with Crippen LogP contribution in [-0.4, -0.2) is 11.5 Å². The summed E-state index contributed by atoms with van der Waals surface area (Å²) in [4.78, 5) is 3.11. The summed E-state index contributed by atoms with van der Waals surface area (Å²) in [5, 5.41) is 3.54. The second-order valence-corrected chi connectivity index (χ2v) is 4.38. The van der Waals surface area contributed by atoms with Crippen molar-refractivity contribution in [3.8, 4) is 0 Å². The average molecular weight is 208 g/mol. The van der Waals surface area contributed by atoms with Crippen molar-refractivity contribution in [2.75, 3.05) is 6.54 Å². The number of H-pyrrole nitrogens is 1. The molecular formula is C11H16N2S. The van der Waals surface area contributed by atoms with Gasteiger partial charge in [-0.1, -0.05) is 18.6 Å². The van der Waals surface area contributed by atoms with Crippen LogP contribution in [0.15, 0.2) is 12.3 Å². The Labute approximate surface area is 89.7 Å². The highest BCUT2D eigenvalue weighted by Gasteiger charge is 2.15. The number of hydrogen-bond donors (Lipinski definition) is 2. The van der Waals surface area contributed by atoms with Crippen LogP contribution in [0.1, 0.15) is 36.4 Å². The minimum atomic E-state index is 0.524. The first-order valence-electron chi connectivity index (χ1n) is 5.20. The minimum Gasteiger partial charge on any atom is -0.353 e. The van der Waals surface area contributed by atoms with Crippen LogP contribution in [0.3, 0.4) is 0 Å². The fourth-order valence-corrected chi connectivity index (χ4v) is 2.31. The molecule has 1 saturated heterocycles. The maximum Gasteiger partial charge on any atom is 0.103 e. The van der Waals surface area contributed by atoms with E-state index in [2.05, 4.69) is 23.4 Å². The van der Waals surface area contributed by atoms with E-state index in [1.54, 1.807) is 0 Å². The van der Waals surface area contributed by atoms with Gasteiger partial charge in [-0.25, -0.2) is 0 Å². The summed E-state index contributed by atoms with van der Waals surface area (Å²) in [6.45, 7) is 3.27. The second-order valence-electron chi connectivity index (χ2n) is 3.94. The monoisotopic (exact) mass is 208 g/mol. The maximum absolute atomic E-state index is 5.08. The van der Waals surface area contributed by atoms with Crippen LogP contribution in [0.2, 0.25) is 0 Å². The van der Waals surface area contributed by atoms with Crippen LogP contribution < -0.4 is 5.32 Å². The molecule has 2 N–H and O–H groups in total. The van der Waals surface area contributed by atoms with Gasteiger partial charge in [0.2, 0.25) is 0 Å². The molecule has 0 radical (unpaired) electrons. The highest BCUT2D eigenvalue weighted by atomic mass is 32.1. The fourth-order valence-electron chi connectivity index (χ4n) is 2.08. The van der Waals surface area contributed by atoms with Gasteiger partial charge in [0.1, 0.15) is 4.64 Å². The third-order valence-electron chi connectivity index (χ3n) is 2.86. The van der Waals surface area contributed by atoms with E-state index in [-0.39, 0.29) is 0 Å². The van der Waals surface area contributed by atoms with Gasteiger partial charge in [0.05, 0.1) is 0 Å². The standard InChI is InChI=1S/C11H16N2S/c1-8-6-11(14)13-7-9(8)10-4-2-3-5-12-10/h6-7,10,12H,2-5H2,1H3,(H,13,14). The second kappa shape index (κ2) is 4.24. The molecule has 0 saturated carbocycles. The number of piperidine rings is 1. The van der Waals surface area contributed by atoms with Gasteiger partial charge in [-0.15, -0.1) is 0 Å². The Morgan fingerprint density at radius 2 is 2.29 bits per heavy atom. The van der Waals surface area contributed by atoms with Gasteiger partial charge >= 0.3 is 0 Å². The number of aromatic nitrogens is 1. The molecule has 0 spiro atoms. The number of rotatable bonds is 1. The first-order chi connectivity index (χ1) is 6.77. The van der Waals surface area contributed by atoms with Gasteiger partial charge in [-0.2, -0.15) is 0 Å². The maximum atomic E-state index is 5.08. The normalized spacial score (nSPS) is 22.2. The van der Waals surface area contributed by atoms with E-state index in [9.17, 15) is 0 Å². The zero-order chi connectivity index (χ0) is 9.97. The van der Waals surface area contributed by atoms with Gasteiger partial charge in [0, 0.05) is 12.2 Å². The van der Waals surface area contributed by atoms with E-state index in [0.717, 1.165) is 11.2 Å². The minimum absolute atomic E-state index is 0.524. The van der Waals surface area contributed by atoms with E-state index >= 15 is 0 Å². The summed E-state index contributed by atoms with van der Waals surface area (Å²) in [6.07, 6.45) is 5.93. The largest absolute Gasteiger partial charge is 0.353 e. The fraction of sp³-hybridized carbons (Fsp3) is 0.545. The van der Waals surface area contributed by atoms with E-state index in [1.165, 1.54) is 30.4 Å². The van der Waals surface area contributed by atoms with E-state index in [4.69, 9.17) is 12.2 Å². The highest BCUT2D eigenvalue weighted by molar-refractivity contribution is 7.71. The molecule has 76 valence electrons. The summed E-state index contributed by atoms with van der Waals surface area (Å²) >= 11 is 5.08. The third-order valence-corrected chi connectivity index (χ3v) is 3.09. The molecule has 0 aliphatic carbocycles. The average Bonchev–Trinajstić information content (AvgIpc) is 2.19. The number of aromatic amines is 1. The molecule has 2 rings (SSSR count). The molecular weight excluding hydrogens is 192 g/mol. The zero-order valence-corrected chi connectivity index (χ0v) is 9.29. The van der Waals surface area contributed by atoms with Gasteiger partial charge in [0.15, 0.2) is 0 Å². The van der Waals surface area contributed by atoms with Crippen LogP contribution in [0.5, 0.6) is 0 Å². The van der Waals surface area contributed by atoms with Crippen molar-refractivity contribution in [2.24, 2.45) is 0 Å². The number of pyridine rings is 1. The lowest BCUT2D eigenvalue weighted by Crippen LogP contribution is -2.27. The summed E-state index contributed by atoms with van der Waals surface area (Å²) in [7, 11) is 0. The molecule has 1 atom stereocenters. The zero-order valence-electron chi connectivity index (χ0n) is 8.47. The topological polar surface area (TPSA) is 27.8 Å². The molecule has 2 nitrogen and oxygen atoms in total. The van der Waals surface area contributed by atoms with E-state index in [1.807, 2.05) is 6.07 Å². The Kier molecular flexibility index (Phi) is 2.99. The lowest BCUT2D eigenvalue weighted by atomic mass is 9.96. The Balaban J connectivity index is 2.26. The number of nitrogens with one attached hydrogen (secondary N) is 2. The van der Waals surface area contributed by atoms with Crippen LogP contribution >= 0.6 is 12.2 Å². The van der Waals surface area contributed by atoms with Crippen molar-refractivity contribution in [3.63, 3.8) is 0 Å². The van der Waals surface area contributed by atoms with E-state index in [0.29, 0.717) is 6.04 Å². The molecule has 0 bridgehead atoms. The SMILES string of the molecule is Cc1cc(=S)[nH]cc1C1CCCCN1. The Bertz CT molecular complexity index is 364. The summed E-state index contributed by atoms with van der Waals surface area (Å²) in [6, 6.07) is 2.57. The quantitative estimate of drug-likeness (QED) is 0.695. The molecule has 0 aromatic carbocycles. The van der Waals surface area contributed by atoms with Crippen molar-refractivity contribution < 1.29 is 0 Å². The van der Waals surface area contributed by atoms with Crippen LogP contribution in [0.25, 0.3) is 0 Å². The predicted molar refractivity (Wildman–Crippen MR) is 61.0 cm³/mol. The first-order valence-corrected chi connectivity index (χ1v) is 5.61. The number of hydrogen-bond acceptors (Lipinski definition) is 2. The molecule has 1 fully saturated rings. The smallest absolute Gasteiger partial charge is 0.103 e. The molecule has 1 aliphatic heterocycles.